The number of rotatable bonds is 1. The second-order valence-corrected chi connectivity index (χ2v) is 3.14. The van der Waals surface area contributed by atoms with Crippen molar-refractivity contribution >= 4 is 16.9 Å². The van der Waals surface area contributed by atoms with Gasteiger partial charge in [-0.15, -0.1) is 0 Å². The fraction of sp³-hybridized carbons (Fsp3) is 0.0909. The van der Waals surface area contributed by atoms with Crippen molar-refractivity contribution in [2.45, 2.75) is 0 Å². The fourth-order valence-corrected chi connectivity index (χ4v) is 1.54. The summed E-state index contributed by atoms with van der Waals surface area (Å²) in [5.41, 5.74) is 1.12. The van der Waals surface area contributed by atoms with Crippen LogP contribution >= 0.6 is 0 Å². The Morgan fingerprint density at radius 2 is 2.00 bits per heavy atom. The Kier molecular flexibility index (Phi) is 1.93. The van der Waals surface area contributed by atoms with E-state index in [1.54, 1.807) is 18.3 Å². The molecule has 0 unspecified atom stereocenters. The molecule has 0 atom stereocenters. The molecule has 0 radical (unpaired) electrons. The number of aromatic carboxylic acids is 1. The number of carboxylic acids is 1. The van der Waals surface area contributed by atoms with Gasteiger partial charge in [0.15, 0.2) is 6.20 Å². The second kappa shape index (κ2) is 3.10. The lowest BCUT2D eigenvalue weighted by Crippen LogP contribution is -2.31. The summed E-state index contributed by atoms with van der Waals surface area (Å²) in [6.07, 6.45) is 1.72. The quantitative estimate of drug-likeness (QED) is 0.591. The lowest BCUT2D eigenvalue weighted by atomic mass is 10.1. The number of nitrogens with zero attached hydrogens (tertiary/aromatic N) is 1. The van der Waals surface area contributed by atoms with Crippen LogP contribution in [0.15, 0.2) is 36.5 Å². The first-order valence-electron chi connectivity index (χ1n) is 4.29. The van der Waals surface area contributed by atoms with E-state index in [0.29, 0.717) is 5.39 Å². The van der Waals surface area contributed by atoms with Crippen LogP contribution in [0.4, 0.5) is 0 Å². The van der Waals surface area contributed by atoms with Crippen LogP contribution in [0.2, 0.25) is 0 Å². The molecular weight excluding hydrogens is 178 g/mol. The van der Waals surface area contributed by atoms with Crippen LogP contribution in [0.1, 0.15) is 10.4 Å². The average Bonchev–Trinajstić information content (AvgIpc) is 2.18. The number of fused-ring (bicyclic) bond motifs is 1. The molecule has 0 saturated heterocycles. The van der Waals surface area contributed by atoms with Crippen molar-refractivity contribution < 1.29 is 14.5 Å². The van der Waals surface area contributed by atoms with Gasteiger partial charge in [0.2, 0.25) is 5.52 Å². The van der Waals surface area contributed by atoms with E-state index in [4.69, 9.17) is 0 Å². The Balaban J connectivity index is 2.88. The number of benzene rings is 1. The van der Waals surface area contributed by atoms with E-state index >= 15 is 0 Å². The molecule has 0 saturated carbocycles. The topological polar surface area (TPSA) is 44.0 Å². The summed E-state index contributed by atoms with van der Waals surface area (Å²) >= 11 is 0. The normalized spacial score (nSPS) is 10.4. The van der Waals surface area contributed by atoms with E-state index in [1.165, 1.54) is 0 Å². The van der Waals surface area contributed by atoms with Crippen LogP contribution in [-0.4, -0.2) is 5.97 Å². The SMILES string of the molecule is C[n+]1ccc(C(=O)[O-])c2ccccc21. The average molecular weight is 187 g/mol. The molecular formula is C11H9NO2. The summed E-state index contributed by atoms with van der Waals surface area (Å²) in [7, 11) is 1.88. The molecule has 2 aromatic rings. The zero-order valence-corrected chi connectivity index (χ0v) is 7.73. The van der Waals surface area contributed by atoms with Crippen LogP contribution < -0.4 is 9.67 Å². The molecule has 2 rings (SSSR count). The van der Waals surface area contributed by atoms with E-state index < -0.39 is 5.97 Å². The first kappa shape index (κ1) is 8.69. The molecule has 0 aliphatic heterocycles. The Hall–Kier alpha value is -1.90. The summed E-state index contributed by atoms with van der Waals surface area (Å²) in [6.45, 7) is 0. The zero-order valence-electron chi connectivity index (χ0n) is 7.73. The minimum Gasteiger partial charge on any atom is -0.545 e. The largest absolute Gasteiger partial charge is 0.545 e. The number of pyridine rings is 1. The third-order valence-corrected chi connectivity index (χ3v) is 2.26. The Morgan fingerprint density at radius 3 is 2.71 bits per heavy atom. The Bertz CT molecular complexity index is 506. The van der Waals surface area contributed by atoms with Crippen molar-refractivity contribution in [3.63, 3.8) is 0 Å². The summed E-state index contributed by atoms with van der Waals surface area (Å²) in [6, 6.07) is 8.90. The smallest absolute Gasteiger partial charge is 0.212 e. The summed E-state index contributed by atoms with van der Waals surface area (Å²) < 4.78 is 1.88. The van der Waals surface area contributed by atoms with Crippen molar-refractivity contribution in [3.05, 3.63) is 42.1 Å². The molecule has 0 aliphatic carbocycles. The van der Waals surface area contributed by atoms with E-state index in [2.05, 4.69) is 0 Å². The fourth-order valence-electron chi connectivity index (χ4n) is 1.54. The number of carboxylic acid groups (broad SMARTS) is 1. The third kappa shape index (κ3) is 1.23. The molecule has 70 valence electrons. The van der Waals surface area contributed by atoms with Gasteiger partial charge in [-0.05, 0) is 6.07 Å². The molecule has 0 bridgehead atoms. The third-order valence-electron chi connectivity index (χ3n) is 2.26. The van der Waals surface area contributed by atoms with Crippen LogP contribution in [0.5, 0.6) is 0 Å². The van der Waals surface area contributed by atoms with Crippen molar-refractivity contribution in [2.75, 3.05) is 0 Å². The van der Waals surface area contributed by atoms with Gasteiger partial charge in [0.1, 0.15) is 7.05 Å². The van der Waals surface area contributed by atoms with E-state index in [0.717, 1.165) is 5.52 Å². The number of aromatic nitrogens is 1. The van der Waals surface area contributed by atoms with Gasteiger partial charge in [-0.3, -0.25) is 0 Å². The zero-order chi connectivity index (χ0) is 10.1. The first-order chi connectivity index (χ1) is 6.70. The van der Waals surface area contributed by atoms with E-state index in [-0.39, 0.29) is 5.56 Å². The number of hydrogen-bond acceptors (Lipinski definition) is 2. The predicted molar refractivity (Wildman–Crippen MR) is 49.5 cm³/mol. The molecule has 3 heteroatoms. The molecule has 1 aromatic carbocycles. The van der Waals surface area contributed by atoms with Gasteiger partial charge >= 0.3 is 0 Å². The van der Waals surface area contributed by atoms with E-state index in [9.17, 15) is 9.90 Å². The minimum absolute atomic E-state index is 0.235. The van der Waals surface area contributed by atoms with Crippen molar-refractivity contribution in [1.29, 1.82) is 0 Å². The molecule has 0 spiro atoms. The maximum atomic E-state index is 10.8. The van der Waals surface area contributed by atoms with Crippen LogP contribution in [-0.2, 0) is 7.05 Å². The van der Waals surface area contributed by atoms with Crippen LogP contribution in [0.25, 0.3) is 10.9 Å². The van der Waals surface area contributed by atoms with Crippen LogP contribution in [0.3, 0.4) is 0 Å². The maximum Gasteiger partial charge on any atom is 0.212 e. The van der Waals surface area contributed by atoms with E-state index in [1.807, 2.05) is 29.8 Å². The van der Waals surface area contributed by atoms with Gasteiger partial charge in [0.05, 0.1) is 11.4 Å². The molecule has 1 heterocycles. The number of hydrogen-bond donors (Lipinski definition) is 0. The minimum atomic E-state index is -1.14. The molecule has 0 amide bonds. The van der Waals surface area contributed by atoms with Crippen molar-refractivity contribution in [3.8, 4) is 0 Å². The summed E-state index contributed by atoms with van der Waals surface area (Å²) in [5, 5.41) is 11.5. The number of aryl methyl sites for hydroxylation is 1. The second-order valence-electron chi connectivity index (χ2n) is 3.14. The first-order valence-corrected chi connectivity index (χ1v) is 4.29. The Labute approximate surface area is 81.2 Å². The van der Waals surface area contributed by atoms with Gasteiger partial charge < -0.3 is 9.90 Å². The highest BCUT2D eigenvalue weighted by atomic mass is 16.4. The highest BCUT2D eigenvalue weighted by molar-refractivity contribution is 6.00. The molecule has 0 fully saturated rings. The molecule has 1 aromatic heterocycles. The van der Waals surface area contributed by atoms with Crippen LogP contribution in [0, 0.1) is 0 Å². The summed E-state index contributed by atoms with van der Waals surface area (Å²) in [4.78, 5) is 10.8. The van der Waals surface area contributed by atoms with Gasteiger partial charge in [0.25, 0.3) is 0 Å². The standard InChI is InChI=1S/C11H9NO2/c1-12-7-6-9(11(13)14)8-4-2-3-5-10(8)12/h2-7H,1H3. The number of carbonyl (C=O) groups is 1. The molecule has 0 aliphatic rings. The maximum absolute atomic E-state index is 10.8. The van der Waals surface area contributed by atoms with Gasteiger partial charge in [0, 0.05) is 17.7 Å². The summed E-state index contributed by atoms with van der Waals surface area (Å²) in [5.74, 6) is -1.14. The molecule has 14 heavy (non-hydrogen) atoms. The van der Waals surface area contributed by atoms with Crippen molar-refractivity contribution in [1.82, 2.24) is 0 Å². The highest BCUT2D eigenvalue weighted by Crippen LogP contribution is 2.13. The number of para-hydroxylation sites is 1. The lowest BCUT2D eigenvalue weighted by molar-refractivity contribution is -0.644. The number of carbonyl (C=O) groups excluding carboxylic acids is 1. The van der Waals surface area contributed by atoms with Gasteiger partial charge in [-0.2, -0.15) is 0 Å². The lowest BCUT2D eigenvalue weighted by Gasteiger charge is -2.04. The van der Waals surface area contributed by atoms with Crippen molar-refractivity contribution in [2.24, 2.45) is 7.05 Å². The molecule has 0 N–H and O–H groups in total. The van der Waals surface area contributed by atoms with Gasteiger partial charge in [-0.1, -0.05) is 12.1 Å². The predicted octanol–water partition coefficient (Wildman–Crippen LogP) is 0.0278. The monoisotopic (exact) mass is 187 g/mol. The molecule has 3 nitrogen and oxygen atoms in total. The highest BCUT2D eigenvalue weighted by Gasteiger charge is 2.08. The Morgan fingerprint density at radius 1 is 1.29 bits per heavy atom. The van der Waals surface area contributed by atoms with Gasteiger partial charge in [-0.25, -0.2) is 4.57 Å².